The summed E-state index contributed by atoms with van der Waals surface area (Å²) in [6.45, 7) is 8.30. The lowest BCUT2D eigenvalue weighted by molar-refractivity contribution is -0.121. The van der Waals surface area contributed by atoms with Gasteiger partial charge in [-0.25, -0.2) is 0 Å². The second-order valence-electron chi connectivity index (χ2n) is 9.06. The number of Topliss-reactive ketones (excluding diaryl/α,β-unsaturated/α-hetero) is 1. The molecule has 0 bridgehead atoms. The molecule has 29 heavy (non-hydrogen) atoms. The number of allylic oxidation sites excluding steroid dienone is 2. The molecule has 4 heteroatoms. The number of hydrogen-bond acceptors (Lipinski definition) is 2. The Labute approximate surface area is 177 Å². The molecule has 0 fully saturated rings. The predicted octanol–water partition coefficient (Wildman–Crippen LogP) is 6.12. The molecule has 0 radical (unpaired) electrons. The Balaban J connectivity index is 1.92. The number of anilines is 1. The summed E-state index contributed by atoms with van der Waals surface area (Å²) in [6.07, 6.45) is 1.50. The first kappa shape index (κ1) is 19.9. The van der Waals surface area contributed by atoms with E-state index in [9.17, 15) is 9.59 Å². The molecule has 1 amide bonds. The van der Waals surface area contributed by atoms with Crippen molar-refractivity contribution in [1.82, 2.24) is 0 Å². The van der Waals surface area contributed by atoms with Crippen LogP contribution in [0.15, 0.2) is 53.7 Å². The summed E-state index contributed by atoms with van der Waals surface area (Å²) < 4.78 is 0. The van der Waals surface area contributed by atoms with Crippen LogP contribution in [0.5, 0.6) is 0 Å². The van der Waals surface area contributed by atoms with Gasteiger partial charge in [0, 0.05) is 35.1 Å². The maximum Gasteiger partial charge on any atom is 0.232 e. The number of carbonyl (C=O) groups is 2. The van der Waals surface area contributed by atoms with E-state index in [2.05, 4.69) is 26.8 Å². The smallest absolute Gasteiger partial charge is 0.232 e. The van der Waals surface area contributed by atoms with E-state index < -0.39 is 0 Å². The lowest BCUT2D eigenvalue weighted by atomic mass is 9.69. The summed E-state index contributed by atoms with van der Waals surface area (Å²) in [5.41, 5.74) is 5.58. The summed E-state index contributed by atoms with van der Waals surface area (Å²) >= 11 is 6.06. The molecule has 2 aromatic carbocycles. The minimum absolute atomic E-state index is 0.0444. The van der Waals surface area contributed by atoms with Gasteiger partial charge in [0.05, 0.1) is 5.69 Å². The normalized spacial score (nSPS) is 21.4. The highest BCUT2D eigenvalue weighted by molar-refractivity contribution is 6.30. The van der Waals surface area contributed by atoms with E-state index in [1.54, 1.807) is 0 Å². The van der Waals surface area contributed by atoms with Gasteiger partial charge in [-0.15, -0.1) is 0 Å². The predicted molar refractivity (Wildman–Crippen MR) is 117 cm³/mol. The van der Waals surface area contributed by atoms with Crippen LogP contribution in [-0.4, -0.2) is 11.7 Å². The van der Waals surface area contributed by atoms with Crippen molar-refractivity contribution in [2.24, 2.45) is 5.41 Å². The van der Waals surface area contributed by atoms with Crippen LogP contribution in [0.4, 0.5) is 5.69 Å². The van der Waals surface area contributed by atoms with E-state index in [-0.39, 0.29) is 23.0 Å². The molecule has 1 unspecified atom stereocenters. The van der Waals surface area contributed by atoms with E-state index in [1.807, 2.05) is 48.2 Å². The topological polar surface area (TPSA) is 37.4 Å². The third-order valence-electron chi connectivity index (χ3n) is 6.23. The molecule has 0 saturated heterocycles. The van der Waals surface area contributed by atoms with Crippen LogP contribution in [0.2, 0.25) is 5.02 Å². The van der Waals surface area contributed by atoms with Crippen molar-refractivity contribution in [2.75, 3.05) is 4.90 Å². The first-order valence-corrected chi connectivity index (χ1v) is 10.5. The zero-order chi connectivity index (χ0) is 20.9. The summed E-state index contributed by atoms with van der Waals surface area (Å²) in [5, 5.41) is 0.651. The van der Waals surface area contributed by atoms with Gasteiger partial charge in [-0.3, -0.25) is 14.5 Å². The molecule has 1 atom stereocenters. The monoisotopic (exact) mass is 407 g/mol. The molecule has 1 heterocycles. The van der Waals surface area contributed by atoms with Gasteiger partial charge in [-0.2, -0.15) is 0 Å². The molecule has 3 nitrogen and oxygen atoms in total. The minimum atomic E-state index is -0.209. The highest BCUT2D eigenvalue weighted by Crippen LogP contribution is 2.48. The summed E-state index contributed by atoms with van der Waals surface area (Å²) in [6, 6.07) is 13.5. The Hall–Kier alpha value is -2.39. The zero-order valence-electron chi connectivity index (χ0n) is 17.4. The fourth-order valence-electron chi connectivity index (χ4n) is 4.65. The van der Waals surface area contributed by atoms with Crippen LogP contribution >= 0.6 is 11.6 Å². The number of ketones is 1. The van der Waals surface area contributed by atoms with Crippen molar-refractivity contribution in [3.8, 4) is 0 Å². The second-order valence-corrected chi connectivity index (χ2v) is 9.49. The average molecular weight is 408 g/mol. The molecular weight excluding hydrogens is 382 g/mol. The molecule has 0 spiro atoms. The molecule has 1 aliphatic heterocycles. The van der Waals surface area contributed by atoms with E-state index in [1.165, 1.54) is 0 Å². The zero-order valence-corrected chi connectivity index (χ0v) is 18.1. The van der Waals surface area contributed by atoms with E-state index in [4.69, 9.17) is 11.6 Å². The van der Waals surface area contributed by atoms with Crippen LogP contribution in [0.1, 0.15) is 55.7 Å². The third-order valence-corrected chi connectivity index (χ3v) is 6.48. The van der Waals surface area contributed by atoms with Crippen LogP contribution < -0.4 is 4.90 Å². The molecule has 4 rings (SSSR count). The number of rotatable bonds is 2. The lowest BCUT2D eigenvalue weighted by Gasteiger charge is -2.43. The molecule has 0 aromatic heterocycles. The van der Waals surface area contributed by atoms with Crippen LogP contribution in [0, 0.1) is 19.3 Å². The number of halogens is 1. The van der Waals surface area contributed by atoms with Gasteiger partial charge in [0.1, 0.15) is 0 Å². The standard InChI is InChI=1S/C25H26ClNO2/c1-15-6-5-7-20(16(15)2)27-21-13-25(3,4)14-22(28)24(21)19(12-23(27)29)17-8-10-18(26)11-9-17/h5-11,19H,12-14H2,1-4H3. The maximum atomic E-state index is 13.4. The number of nitrogens with zero attached hydrogens (tertiary/aromatic N) is 1. The molecule has 0 saturated carbocycles. The first-order valence-electron chi connectivity index (χ1n) is 10.1. The number of hydrogen-bond donors (Lipinski definition) is 0. The fraction of sp³-hybridized carbons (Fsp3) is 0.360. The van der Waals surface area contributed by atoms with Crippen LogP contribution in [0.25, 0.3) is 0 Å². The quantitative estimate of drug-likeness (QED) is 0.601. The number of aryl methyl sites for hydroxylation is 1. The molecule has 2 aromatic rings. The Morgan fingerprint density at radius 3 is 2.38 bits per heavy atom. The lowest BCUT2D eigenvalue weighted by Crippen LogP contribution is -2.44. The fourth-order valence-corrected chi connectivity index (χ4v) is 4.78. The highest BCUT2D eigenvalue weighted by Gasteiger charge is 2.44. The second kappa shape index (κ2) is 7.14. The van der Waals surface area contributed by atoms with Gasteiger partial charge >= 0.3 is 0 Å². The van der Waals surface area contributed by atoms with Crippen molar-refractivity contribution >= 4 is 29.0 Å². The Bertz CT molecular complexity index is 1030. The van der Waals surface area contributed by atoms with Crippen molar-refractivity contribution in [3.63, 3.8) is 0 Å². The molecule has 150 valence electrons. The highest BCUT2D eigenvalue weighted by atomic mass is 35.5. The van der Waals surface area contributed by atoms with E-state index >= 15 is 0 Å². The number of benzene rings is 2. The van der Waals surface area contributed by atoms with Crippen molar-refractivity contribution in [2.45, 2.75) is 52.9 Å². The number of amides is 1. The Morgan fingerprint density at radius 2 is 1.69 bits per heavy atom. The largest absolute Gasteiger partial charge is 0.294 e. The van der Waals surface area contributed by atoms with Crippen molar-refractivity contribution in [3.05, 3.63) is 75.4 Å². The van der Waals surface area contributed by atoms with E-state index in [0.29, 0.717) is 24.3 Å². The van der Waals surface area contributed by atoms with E-state index in [0.717, 1.165) is 33.6 Å². The van der Waals surface area contributed by atoms with Gasteiger partial charge in [0.2, 0.25) is 5.91 Å². The van der Waals surface area contributed by atoms with Gasteiger partial charge in [0.25, 0.3) is 0 Å². The van der Waals surface area contributed by atoms with Crippen molar-refractivity contribution < 1.29 is 9.59 Å². The third kappa shape index (κ3) is 3.53. The van der Waals surface area contributed by atoms with Gasteiger partial charge in [-0.05, 0) is 60.6 Å². The number of carbonyl (C=O) groups excluding carboxylic acids is 2. The van der Waals surface area contributed by atoms with Crippen molar-refractivity contribution in [1.29, 1.82) is 0 Å². The first-order chi connectivity index (χ1) is 13.7. The molecular formula is C25H26ClNO2. The maximum absolute atomic E-state index is 13.4. The Morgan fingerprint density at radius 1 is 1.00 bits per heavy atom. The van der Waals surface area contributed by atoms with Crippen LogP contribution in [0.3, 0.4) is 0 Å². The Kier molecular flexibility index (Phi) is 4.90. The SMILES string of the molecule is Cc1cccc(N2C(=O)CC(c3ccc(Cl)cc3)C3=C2CC(C)(C)CC3=O)c1C. The molecule has 0 N–H and O–H groups in total. The molecule has 2 aliphatic rings. The van der Waals surface area contributed by atoms with Gasteiger partial charge in [0.15, 0.2) is 5.78 Å². The van der Waals surface area contributed by atoms with Gasteiger partial charge in [-0.1, -0.05) is 49.7 Å². The van der Waals surface area contributed by atoms with Gasteiger partial charge < -0.3 is 0 Å². The molecule has 1 aliphatic carbocycles. The average Bonchev–Trinajstić information content (AvgIpc) is 2.63. The minimum Gasteiger partial charge on any atom is -0.294 e. The summed E-state index contributed by atoms with van der Waals surface area (Å²) in [7, 11) is 0. The summed E-state index contributed by atoms with van der Waals surface area (Å²) in [5.74, 6) is -0.0124. The van der Waals surface area contributed by atoms with Crippen LogP contribution in [-0.2, 0) is 9.59 Å². The summed E-state index contributed by atoms with van der Waals surface area (Å²) in [4.78, 5) is 28.6.